The Balaban J connectivity index is 0.000000527. The number of amidine groups is 1. The van der Waals surface area contributed by atoms with Crippen LogP contribution in [0.25, 0.3) is 0 Å². The second kappa shape index (κ2) is 12.1. The van der Waals surface area contributed by atoms with Crippen molar-refractivity contribution in [3.8, 4) is 0 Å². The summed E-state index contributed by atoms with van der Waals surface area (Å²) >= 11 is 5.93. The summed E-state index contributed by atoms with van der Waals surface area (Å²) < 4.78 is 26.8. The summed E-state index contributed by atoms with van der Waals surface area (Å²) in [5.41, 5.74) is 3.27. The van der Waals surface area contributed by atoms with E-state index in [1.54, 1.807) is 32.2 Å². The highest BCUT2D eigenvalue weighted by atomic mass is 35.5. The predicted octanol–water partition coefficient (Wildman–Crippen LogP) is 4.32. The van der Waals surface area contributed by atoms with Gasteiger partial charge in [-0.05, 0) is 36.8 Å². The van der Waals surface area contributed by atoms with Gasteiger partial charge in [0.2, 0.25) is 0 Å². The minimum Gasteiger partial charge on any atom is -0.339 e. The third kappa shape index (κ3) is 7.05. The molecular formula is C19H22ClF2N3O2. The molecule has 1 heterocycles. The van der Waals surface area contributed by atoms with Gasteiger partial charge >= 0.3 is 0 Å². The number of aldehydes is 1. The first-order valence-corrected chi connectivity index (χ1v) is 8.44. The van der Waals surface area contributed by atoms with Crippen molar-refractivity contribution in [3.05, 3.63) is 64.5 Å². The Bertz CT molecular complexity index is 762. The van der Waals surface area contributed by atoms with Crippen LogP contribution in [0.4, 0.5) is 14.5 Å². The number of nitrogens with one attached hydrogen (secondary N) is 2. The third-order valence-corrected chi connectivity index (χ3v) is 3.66. The van der Waals surface area contributed by atoms with Crippen molar-refractivity contribution in [1.82, 2.24) is 5.48 Å². The van der Waals surface area contributed by atoms with E-state index in [1.165, 1.54) is 6.07 Å². The van der Waals surface area contributed by atoms with Gasteiger partial charge in [0, 0.05) is 23.2 Å². The van der Waals surface area contributed by atoms with Crippen molar-refractivity contribution in [2.45, 2.75) is 13.6 Å². The first-order valence-electron chi connectivity index (χ1n) is 8.06. The first-order chi connectivity index (χ1) is 13.0. The third-order valence-electron chi connectivity index (χ3n) is 3.40. The van der Waals surface area contributed by atoms with Gasteiger partial charge in [0.05, 0.1) is 18.8 Å². The topological polar surface area (TPSA) is 62.7 Å². The normalized spacial score (nSPS) is 13.3. The molecule has 0 aliphatic carbocycles. The lowest BCUT2D eigenvalue weighted by atomic mass is 10.1. The fraction of sp³-hybridized carbons (Fsp3) is 0.263. The van der Waals surface area contributed by atoms with E-state index in [9.17, 15) is 13.6 Å². The average Bonchev–Trinajstić information content (AvgIpc) is 2.81. The molecule has 2 rings (SSSR count). The number of halogens is 3. The molecule has 0 saturated carbocycles. The van der Waals surface area contributed by atoms with Gasteiger partial charge in [0.15, 0.2) is 6.29 Å². The Morgan fingerprint density at radius 2 is 2.19 bits per heavy atom. The van der Waals surface area contributed by atoms with E-state index in [-0.39, 0.29) is 16.8 Å². The number of hydroxylamine groups is 1. The number of rotatable bonds is 6. The number of allylic oxidation sites excluding steroid dienone is 2. The number of carbonyl (C=O) groups is 1. The summed E-state index contributed by atoms with van der Waals surface area (Å²) in [6, 6.07) is 2.37. The Kier molecular flexibility index (Phi) is 10.2. The first kappa shape index (κ1) is 22.7. The highest BCUT2D eigenvalue weighted by Crippen LogP contribution is 2.25. The zero-order chi connectivity index (χ0) is 20.2. The molecule has 27 heavy (non-hydrogen) atoms. The second-order valence-corrected chi connectivity index (χ2v) is 5.71. The molecule has 0 unspecified atom stereocenters. The molecule has 1 aromatic carbocycles. The highest BCUT2D eigenvalue weighted by Gasteiger charge is 2.16. The number of benzene rings is 1. The fourth-order valence-corrected chi connectivity index (χ4v) is 2.33. The Hall–Kier alpha value is -2.35. The molecule has 2 N–H and O–H groups in total. The van der Waals surface area contributed by atoms with Gasteiger partial charge in [-0.1, -0.05) is 17.7 Å². The van der Waals surface area contributed by atoms with E-state index < -0.39 is 12.5 Å². The number of nitrogens with zero attached hydrogens (tertiary/aromatic N) is 1. The van der Waals surface area contributed by atoms with Gasteiger partial charge in [0.25, 0.3) is 0 Å². The molecule has 8 heteroatoms. The van der Waals surface area contributed by atoms with E-state index in [0.29, 0.717) is 35.9 Å². The van der Waals surface area contributed by atoms with Crippen LogP contribution in [0, 0.1) is 5.82 Å². The Morgan fingerprint density at radius 3 is 2.74 bits per heavy atom. The molecule has 5 nitrogen and oxygen atoms in total. The predicted molar refractivity (Wildman–Crippen MR) is 105 cm³/mol. The quantitative estimate of drug-likeness (QED) is 0.325. The lowest BCUT2D eigenvalue weighted by Gasteiger charge is -2.15. The van der Waals surface area contributed by atoms with E-state index >= 15 is 0 Å². The molecule has 0 saturated heterocycles. The summed E-state index contributed by atoms with van der Waals surface area (Å²) in [6.45, 7) is 5.08. The van der Waals surface area contributed by atoms with Crippen LogP contribution in [-0.4, -0.2) is 32.3 Å². The summed E-state index contributed by atoms with van der Waals surface area (Å²) in [6.07, 6.45) is 5.62. The zero-order valence-electron chi connectivity index (χ0n) is 15.2. The average molecular weight is 398 g/mol. The maximum Gasteiger partial charge on any atom is 0.152 e. The number of alkyl halides is 1. The van der Waals surface area contributed by atoms with Gasteiger partial charge in [-0.2, -0.15) is 0 Å². The van der Waals surface area contributed by atoms with Crippen molar-refractivity contribution in [2.75, 3.05) is 25.5 Å². The molecule has 0 bridgehead atoms. The molecule has 1 aromatic rings. The largest absolute Gasteiger partial charge is 0.339 e. The molecule has 0 spiro atoms. The summed E-state index contributed by atoms with van der Waals surface area (Å²) in [5.74, 6) is -0.289. The van der Waals surface area contributed by atoms with Gasteiger partial charge in [-0.25, -0.2) is 14.3 Å². The molecule has 0 radical (unpaired) electrons. The van der Waals surface area contributed by atoms with Crippen molar-refractivity contribution in [1.29, 1.82) is 0 Å². The van der Waals surface area contributed by atoms with E-state index in [2.05, 4.69) is 27.2 Å². The van der Waals surface area contributed by atoms with Crippen LogP contribution in [0.2, 0.25) is 0 Å². The van der Waals surface area contributed by atoms with Crippen LogP contribution in [-0.2, 0) is 11.5 Å². The SMILES string of the molecule is C=CCONC.CC1=CC(Cl)=CCN=C1Nc1c(C=O)ccc(F)c1CF. The Morgan fingerprint density at radius 1 is 1.44 bits per heavy atom. The zero-order valence-corrected chi connectivity index (χ0v) is 15.9. The second-order valence-electron chi connectivity index (χ2n) is 5.28. The minimum absolute atomic E-state index is 0.0945. The number of hydrogen-bond acceptors (Lipinski definition) is 5. The van der Waals surface area contributed by atoms with E-state index in [1.807, 2.05) is 0 Å². The van der Waals surface area contributed by atoms with Crippen molar-refractivity contribution in [2.24, 2.45) is 4.99 Å². The molecule has 0 atom stereocenters. The van der Waals surface area contributed by atoms with Gasteiger partial charge in [-0.3, -0.25) is 14.6 Å². The molecule has 1 aliphatic rings. The summed E-state index contributed by atoms with van der Waals surface area (Å²) in [5, 5.41) is 3.39. The maximum atomic E-state index is 13.7. The van der Waals surface area contributed by atoms with Gasteiger partial charge in [-0.15, -0.1) is 6.58 Å². The van der Waals surface area contributed by atoms with Crippen molar-refractivity contribution >= 4 is 29.4 Å². The lowest BCUT2D eigenvalue weighted by Crippen LogP contribution is -2.17. The number of anilines is 1. The number of aliphatic imine (C=N–C) groups is 1. The van der Waals surface area contributed by atoms with Gasteiger partial charge in [0.1, 0.15) is 18.3 Å². The monoisotopic (exact) mass is 397 g/mol. The molecule has 146 valence electrons. The van der Waals surface area contributed by atoms with Crippen molar-refractivity contribution in [3.63, 3.8) is 0 Å². The number of hydrogen-bond donors (Lipinski definition) is 2. The van der Waals surface area contributed by atoms with Crippen LogP contribution in [0.3, 0.4) is 0 Å². The van der Waals surface area contributed by atoms with Crippen LogP contribution >= 0.6 is 11.6 Å². The molecule has 0 fully saturated rings. The summed E-state index contributed by atoms with van der Waals surface area (Å²) in [7, 11) is 1.71. The lowest BCUT2D eigenvalue weighted by molar-refractivity contribution is 0.0812. The Labute approximate surface area is 162 Å². The van der Waals surface area contributed by atoms with Crippen LogP contribution in [0.1, 0.15) is 22.8 Å². The van der Waals surface area contributed by atoms with Gasteiger partial charge < -0.3 is 5.32 Å². The van der Waals surface area contributed by atoms with Crippen molar-refractivity contribution < 1.29 is 18.4 Å². The van der Waals surface area contributed by atoms with Crippen LogP contribution < -0.4 is 10.8 Å². The summed E-state index contributed by atoms with van der Waals surface area (Å²) in [4.78, 5) is 19.9. The fourth-order valence-electron chi connectivity index (χ4n) is 2.10. The van der Waals surface area contributed by atoms with Crippen LogP contribution in [0.15, 0.2) is 52.5 Å². The highest BCUT2D eigenvalue weighted by molar-refractivity contribution is 6.32. The molecule has 0 aromatic heterocycles. The van der Waals surface area contributed by atoms with E-state index in [0.717, 1.165) is 6.07 Å². The maximum absolute atomic E-state index is 13.7. The van der Waals surface area contributed by atoms with E-state index in [4.69, 9.17) is 11.6 Å². The smallest absolute Gasteiger partial charge is 0.152 e. The minimum atomic E-state index is -1.02. The molecule has 1 aliphatic heterocycles. The standard InChI is InChI=1S/C15H13ClF2N2O.C4H9NO/c1-9-6-11(16)4-5-19-15(9)20-14-10(8-21)2-3-13(18)12(14)7-17;1-3-4-6-5-2/h2-4,6,8H,5,7H2,1H3,(H,19,20);3,5H,1,4H2,2H3. The van der Waals surface area contributed by atoms with Crippen LogP contribution in [0.5, 0.6) is 0 Å². The number of carbonyl (C=O) groups excluding carboxylic acids is 1. The molecule has 0 amide bonds. The molecular weight excluding hydrogens is 376 g/mol.